The molecule has 126 valence electrons. The van der Waals surface area contributed by atoms with E-state index >= 15 is 0 Å². The predicted octanol–water partition coefficient (Wildman–Crippen LogP) is 3.05. The number of aromatic nitrogens is 1. The van der Waals surface area contributed by atoms with E-state index in [0.717, 1.165) is 30.4 Å². The molecule has 1 amide bonds. The lowest BCUT2D eigenvalue weighted by molar-refractivity contribution is -0.135. The molecular weight excluding hydrogens is 307 g/mol. The number of aryl methyl sites for hydroxylation is 1. The Morgan fingerprint density at radius 2 is 1.96 bits per heavy atom. The maximum atomic E-state index is 13.2. The highest BCUT2D eigenvalue weighted by Crippen LogP contribution is 2.31. The second-order valence-corrected chi connectivity index (χ2v) is 6.32. The van der Waals surface area contributed by atoms with Crippen molar-refractivity contribution in [2.24, 2.45) is 0 Å². The van der Waals surface area contributed by atoms with Gasteiger partial charge in [-0.05, 0) is 55.5 Å². The number of carbonyl (C=O) groups is 1. The summed E-state index contributed by atoms with van der Waals surface area (Å²) in [6.45, 7) is 2.56. The molecule has 1 saturated heterocycles. The number of hydrogen-bond donors (Lipinski definition) is 0. The normalized spacial score (nSPS) is 17.8. The van der Waals surface area contributed by atoms with Crippen LogP contribution < -0.4 is 5.56 Å². The summed E-state index contributed by atoms with van der Waals surface area (Å²) < 4.78 is 14.6. The molecule has 0 N–H and O–H groups in total. The molecule has 1 aliphatic heterocycles. The SMILES string of the molecule is Cc1ccn(CC(=O)N2CCCC[C@@H]2c2ccc(F)cc2)c(=O)c1. The molecule has 0 saturated carbocycles. The van der Waals surface area contributed by atoms with Crippen LogP contribution in [0.15, 0.2) is 47.4 Å². The van der Waals surface area contributed by atoms with E-state index in [2.05, 4.69) is 0 Å². The maximum absolute atomic E-state index is 13.2. The first-order valence-corrected chi connectivity index (χ1v) is 8.26. The van der Waals surface area contributed by atoms with Crippen LogP contribution in [0.25, 0.3) is 0 Å². The molecule has 0 radical (unpaired) electrons. The van der Waals surface area contributed by atoms with Crippen LogP contribution in [0.3, 0.4) is 0 Å². The van der Waals surface area contributed by atoms with Crippen LogP contribution in [0.5, 0.6) is 0 Å². The standard InChI is InChI=1S/C19H21FN2O2/c1-14-9-11-21(18(23)12-14)13-19(24)22-10-3-2-4-17(22)15-5-7-16(20)8-6-15/h5-9,11-12,17H,2-4,10,13H2,1H3/t17-/m1/s1. The largest absolute Gasteiger partial charge is 0.334 e. The van der Waals surface area contributed by atoms with Crippen LogP contribution in [0.2, 0.25) is 0 Å². The minimum Gasteiger partial charge on any atom is -0.334 e. The maximum Gasteiger partial charge on any atom is 0.251 e. The molecule has 0 unspecified atom stereocenters. The first kappa shape index (κ1) is 16.4. The summed E-state index contributed by atoms with van der Waals surface area (Å²) in [5, 5.41) is 0. The van der Waals surface area contributed by atoms with E-state index in [1.165, 1.54) is 22.8 Å². The average molecular weight is 328 g/mol. The molecule has 3 rings (SSSR count). The Kier molecular flexibility index (Phi) is 4.79. The lowest BCUT2D eigenvalue weighted by atomic mass is 9.95. The van der Waals surface area contributed by atoms with E-state index in [1.54, 1.807) is 18.3 Å². The van der Waals surface area contributed by atoms with E-state index in [4.69, 9.17) is 0 Å². The molecule has 1 aromatic carbocycles. The van der Waals surface area contributed by atoms with Gasteiger partial charge in [0.15, 0.2) is 0 Å². The van der Waals surface area contributed by atoms with Crippen molar-refractivity contribution < 1.29 is 9.18 Å². The fourth-order valence-corrected chi connectivity index (χ4v) is 3.24. The van der Waals surface area contributed by atoms with E-state index in [-0.39, 0.29) is 29.9 Å². The third-order valence-electron chi connectivity index (χ3n) is 4.54. The summed E-state index contributed by atoms with van der Waals surface area (Å²) in [5.41, 5.74) is 1.66. The molecule has 2 heterocycles. The summed E-state index contributed by atoms with van der Waals surface area (Å²) in [4.78, 5) is 26.6. The van der Waals surface area contributed by atoms with Crippen LogP contribution in [-0.4, -0.2) is 21.9 Å². The van der Waals surface area contributed by atoms with E-state index in [0.29, 0.717) is 6.54 Å². The quantitative estimate of drug-likeness (QED) is 0.869. The molecular formula is C19H21FN2O2. The number of pyridine rings is 1. The third kappa shape index (κ3) is 3.55. The second kappa shape index (κ2) is 6.99. The van der Waals surface area contributed by atoms with Crippen molar-refractivity contribution in [2.75, 3.05) is 6.54 Å². The summed E-state index contributed by atoms with van der Waals surface area (Å²) in [6.07, 6.45) is 4.51. The van der Waals surface area contributed by atoms with Gasteiger partial charge in [-0.2, -0.15) is 0 Å². The zero-order chi connectivity index (χ0) is 17.1. The first-order chi connectivity index (χ1) is 11.5. The number of benzene rings is 1. The smallest absolute Gasteiger partial charge is 0.251 e. The highest BCUT2D eigenvalue weighted by atomic mass is 19.1. The molecule has 0 aliphatic carbocycles. The Hall–Kier alpha value is -2.43. The number of piperidine rings is 1. The molecule has 4 nitrogen and oxygen atoms in total. The van der Waals surface area contributed by atoms with Crippen molar-refractivity contribution in [1.29, 1.82) is 0 Å². The average Bonchev–Trinajstić information content (AvgIpc) is 2.58. The number of amides is 1. The van der Waals surface area contributed by atoms with Gasteiger partial charge in [-0.3, -0.25) is 9.59 Å². The molecule has 1 aliphatic rings. The van der Waals surface area contributed by atoms with Gasteiger partial charge in [0.2, 0.25) is 5.91 Å². The number of nitrogens with zero attached hydrogens (tertiary/aromatic N) is 2. The molecule has 5 heteroatoms. The van der Waals surface area contributed by atoms with Gasteiger partial charge in [-0.25, -0.2) is 4.39 Å². The van der Waals surface area contributed by atoms with Crippen LogP contribution >= 0.6 is 0 Å². The highest BCUT2D eigenvalue weighted by molar-refractivity contribution is 5.76. The highest BCUT2D eigenvalue weighted by Gasteiger charge is 2.28. The summed E-state index contributed by atoms with van der Waals surface area (Å²) >= 11 is 0. The lowest BCUT2D eigenvalue weighted by Gasteiger charge is -2.36. The lowest BCUT2D eigenvalue weighted by Crippen LogP contribution is -2.41. The van der Waals surface area contributed by atoms with Crippen LogP contribution in [0.1, 0.15) is 36.4 Å². The molecule has 1 atom stereocenters. The number of likely N-dealkylation sites (tertiary alicyclic amines) is 1. The Morgan fingerprint density at radius 1 is 1.21 bits per heavy atom. The summed E-state index contributed by atoms with van der Waals surface area (Å²) in [6, 6.07) is 9.64. The van der Waals surface area contributed by atoms with Gasteiger partial charge in [0.1, 0.15) is 12.4 Å². The summed E-state index contributed by atoms with van der Waals surface area (Å²) in [5.74, 6) is -0.353. The Labute approximate surface area is 140 Å². The van der Waals surface area contributed by atoms with Gasteiger partial charge >= 0.3 is 0 Å². The topological polar surface area (TPSA) is 42.3 Å². The van der Waals surface area contributed by atoms with Crippen LogP contribution in [0.4, 0.5) is 4.39 Å². The molecule has 2 aromatic rings. The third-order valence-corrected chi connectivity index (χ3v) is 4.54. The van der Waals surface area contributed by atoms with Crippen LogP contribution in [-0.2, 0) is 11.3 Å². The van der Waals surface area contributed by atoms with Crippen molar-refractivity contribution in [3.8, 4) is 0 Å². The fraction of sp³-hybridized carbons (Fsp3) is 0.368. The van der Waals surface area contributed by atoms with Crippen molar-refractivity contribution >= 4 is 5.91 Å². The number of carbonyl (C=O) groups excluding carboxylic acids is 1. The Morgan fingerprint density at radius 3 is 2.67 bits per heavy atom. The zero-order valence-corrected chi connectivity index (χ0v) is 13.7. The predicted molar refractivity (Wildman–Crippen MR) is 90.1 cm³/mol. The van der Waals surface area contributed by atoms with Crippen molar-refractivity contribution in [3.05, 3.63) is 69.9 Å². The number of halogens is 1. The molecule has 24 heavy (non-hydrogen) atoms. The second-order valence-electron chi connectivity index (χ2n) is 6.32. The van der Waals surface area contributed by atoms with Crippen molar-refractivity contribution in [1.82, 2.24) is 9.47 Å². The van der Waals surface area contributed by atoms with Crippen LogP contribution in [0, 0.1) is 12.7 Å². The van der Waals surface area contributed by atoms with E-state index in [1.807, 2.05) is 17.9 Å². The summed E-state index contributed by atoms with van der Waals surface area (Å²) in [7, 11) is 0. The van der Waals surface area contributed by atoms with Gasteiger partial charge in [-0.1, -0.05) is 12.1 Å². The zero-order valence-electron chi connectivity index (χ0n) is 13.7. The van der Waals surface area contributed by atoms with Gasteiger partial charge in [0.25, 0.3) is 5.56 Å². The monoisotopic (exact) mass is 328 g/mol. The van der Waals surface area contributed by atoms with Gasteiger partial charge in [0.05, 0.1) is 6.04 Å². The van der Waals surface area contributed by atoms with Crippen molar-refractivity contribution in [2.45, 2.75) is 38.8 Å². The molecule has 0 spiro atoms. The Bertz CT molecular complexity index is 783. The first-order valence-electron chi connectivity index (χ1n) is 8.26. The van der Waals surface area contributed by atoms with Gasteiger partial charge in [0, 0.05) is 18.8 Å². The molecule has 1 aromatic heterocycles. The fourth-order valence-electron chi connectivity index (χ4n) is 3.24. The molecule has 1 fully saturated rings. The van der Waals surface area contributed by atoms with Gasteiger partial charge in [-0.15, -0.1) is 0 Å². The minimum absolute atomic E-state index is 0.0385. The molecule has 0 bridgehead atoms. The Balaban J connectivity index is 1.80. The number of rotatable bonds is 3. The van der Waals surface area contributed by atoms with Gasteiger partial charge < -0.3 is 9.47 Å². The minimum atomic E-state index is -0.279. The number of hydrogen-bond acceptors (Lipinski definition) is 2. The van der Waals surface area contributed by atoms with E-state index in [9.17, 15) is 14.0 Å². The van der Waals surface area contributed by atoms with E-state index < -0.39 is 0 Å². The van der Waals surface area contributed by atoms with Crippen molar-refractivity contribution in [3.63, 3.8) is 0 Å².